The fourth-order valence-corrected chi connectivity index (χ4v) is 4.00. The first-order chi connectivity index (χ1) is 15.3. The van der Waals surface area contributed by atoms with Crippen LogP contribution in [0.3, 0.4) is 0 Å². The standard InChI is InChI=1S/C24H26N2O5S/c1-4-30-20-10-8-19(9-11-20)26-32(28,29)22-14-12-21(13-15-22)31-16-24(27)25-23-7-5-6-17(2)18(23)3/h5-15,26H,4,16H2,1-3H3,(H,25,27). The Bertz CT molecular complexity index is 1170. The zero-order chi connectivity index (χ0) is 23.1. The molecule has 0 unspecified atom stereocenters. The molecule has 0 aromatic heterocycles. The van der Waals surface area contributed by atoms with Gasteiger partial charge in [-0.2, -0.15) is 0 Å². The lowest BCUT2D eigenvalue weighted by Crippen LogP contribution is -2.20. The van der Waals surface area contributed by atoms with Gasteiger partial charge in [-0.15, -0.1) is 0 Å². The summed E-state index contributed by atoms with van der Waals surface area (Å²) in [7, 11) is -3.76. The molecule has 0 saturated heterocycles. The van der Waals surface area contributed by atoms with Gasteiger partial charge in [0.1, 0.15) is 11.5 Å². The maximum Gasteiger partial charge on any atom is 0.262 e. The molecule has 3 rings (SSSR count). The summed E-state index contributed by atoms with van der Waals surface area (Å²) in [4.78, 5) is 12.3. The molecule has 8 heteroatoms. The third-order valence-corrected chi connectivity index (χ3v) is 6.20. The number of aryl methyl sites for hydroxylation is 1. The van der Waals surface area contributed by atoms with Crippen molar-refractivity contribution in [3.05, 3.63) is 77.9 Å². The van der Waals surface area contributed by atoms with Crippen LogP contribution in [0, 0.1) is 13.8 Å². The van der Waals surface area contributed by atoms with Crippen LogP contribution in [0.5, 0.6) is 11.5 Å². The Balaban J connectivity index is 1.57. The van der Waals surface area contributed by atoms with E-state index in [1.165, 1.54) is 24.3 Å². The highest BCUT2D eigenvalue weighted by Crippen LogP contribution is 2.22. The van der Waals surface area contributed by atoms with E-state index in [0.717, 1.165) is 16.8 Å². The Morgan fingerprint density at radius 2 is 1.50 bits per heavy atom. The normalized spacial score (nSPS) is 11.0. The number of carbonyl (C=O) groups excluding carboxylic acids is 1. The lowest BCUT2D eigenvalue weighted by molar-refractivity contribution is -0.118. The average Bonchev–Trinajstić information content (AvgIpc) is 2.77. The molecule has 3 aromatic rings. The third-order valence-electron chi connectivity index (χ3n) is 4.80. The summed E-state index contributed by atoms with van der Waals surface area (Å²) < 4.78 is 38.6. The molecule has 0 aliphatic heterocycles. The van der Waals surface area contributed by atoms with E-state index in [9.17, 15) is 13.2 Å². The van der Waals surface area contributed by atoms with Gasteiger partial charge >= 0.3 is 0 Å². The largest absolute Gasteiger partial charge is 0.494 e. The smallest absolute Gasteiger partial charge is 0.262 e. The van der Waals surface area contributed by atoms with Crippen molar-refractivity contribution in [3.63, 3.8) is 0 Å². The SMILES string of the molecule is CCOc1ccc(NS(=O)(=O)c2ccc(OCC(=O)Nc3cccc(C)c3C)cc2)cc1. The van der Waals surface area contributed by atoms with Crippen LogP contribution in [0.2, 0.25) is 0 Å². The third kappa shape index (κ3) is 6.01. The fraction of sp³-hybridized carbons (Fsp3) is 0.208. The van der Waals surface area contributed by atoms with E-state index in [2.05, 4.69) is 10.0 Å². The van der Waals surface area contributed by atoms with Crippen LogP contribution in [0.1, 0.15) is 18.1 Å². The van der Waals surface area contributed by atoms with Crippen LogP contribution in [-0.4, -0.2) is 27.5 Å². The van der Waals surface area contributed by atoms with Crippen LogP contribution in [0.25, 0.3) is 0 Å². The Morgan fingerprint density at radius 1 is 0.875 bits per heavy atom. The van der Waals surface area contributed by atoms with Crippen molar-refractivity contribution in [2.75, 3.05) is 23.3 Å². The number of hydrogen-bond acceptors (Lipinski definition) is 5. The highest BCUT2D eigenvalue weighted by Gasteiger charge is 2.15. The van der Waals surface area contributed by atoms with Gasteiger partial charge in [0, 0.05) is 11.4 Å². The highest BCUT2D eigenvalue weighted by molar-refractivity contribution is 7.92. The Morgan fingerprint density at radius 3 is 2.16 bits per heavy atom. The van der Waals surface area contributed by atoms with Crippen molar-refractivity contribution in [2.24, 2.45) is 0 Å². The summed E-state index contributed by atoms with van der Waals surface area (Å²) >= 11 is 0. The second-order valence-electron chi connectivity index (χ2n) is 7.12. The van der Waals surface area contributed by atoms with Crippen molar-refractivity contribution in [1.29, 1.82) is 0 Å². The van der Waals surface area contributed by atoms with Crippen LogP contribution < -0.4 is 19.5 Å². The summed E-state index contributed by atoms with van der Waals surface area (Å²) in [5.41, 5.74) is 3.24. The molecule has 0 bridgehead atoms. The molecule has 0 fully saturated rings. The second kappa shape index (κ2) is 10.2. The van der Waals surface area contributed by atoms with Crippen LogP contribution in [0.15, 0.2) is 71.6 Å². The van der Waals surface area contributed by atoms with Crippen molar-refractivity contribution in [3.8, 4) is 11.5 Å². The van der Waals surface area contributed by atoms with Crippen molar-refractivity contribution < 1.29 is 22.7 Å². The lowest BCUT2D eigenvalue weighted by atomic mass is 10.1. The van der Waals surface area contributed by atoms with Crippen LogP contribution in [0.4, 0.5) is 11.4 Å². The molecule has 0 heterocycles. The van der Waals surface area contributed by atoms with Crippen molar-refractivity contribution in [1.82, 2.24) is 0 Å². The predicted octanol–water partition coefficient (Wildman–Crippen LogP) is 4.52. The molecule has 0 atom stereocenters. The van der Waals surface area contributed by atoms with E-state index in [1.807, 2.05) is 39.0 Å². The minimum absolute atomic E-state index is 0.0820. The minimum atomic E-state index is -3.76. The topological polar surface area (TPSA) is 93.7 Å². The van der Waals surface area contributed by atoms with E-state index in [1.54, 1.807) is 24.3 Å². The average molecular weight is 455 g/mol. The zero-order valence-corrected chi connectivity index (χ0v) is 19.0. The fourth-order valence-electron chi connectivity index (χ4n) is 2.94. The molecule has 0 aliphatic carbocycles. The van der Waals surface area contributed by atoms with Gasteiger partial charge in [-0.1, -0.05) is 12.1 Å². The van der Waals surface area contributed by atoms with E-state index in [4.69, 9.17) is 9.47 Å². The van der Waals surface area contributed by atoms with Gasteiger partial charge in [-0.25, -0.2) is 8.42 Å². The first kappa shape index (κ1) is 23.1. The van der Waals surface area contributed by atoms with Gasteiger partial charge in [-0.05, 0) is 86.5 Å². The molecule has 0 spiro atoms. The number of hydrogen-bond donors (Lipinski definition) is 2. The number of benzene rings is 3. The molecule has 168 valence electrons. The van der Waals surface area contributed by atoms with Gasteiger partial charge in [-0.3, -0.25) is 9.52 Å². The van der Waals surface area contributed by atoms with E-state index < -0.39 is 10.0 Å². The maximum absolute atomic E-state index is 12.6. The number of anilines is 2. The maximum atomic E-state index is 12.6. The summed E-state index contributed by atoms with van der Waals surface area (Å²) in [6, 6.07) is 18.2. The number of sulfonamides is 1. The minimum Gasteiger partial charge on any atom is -0.494 e. The monoisotopic (exact) mass is 454 g/mol. The molecule has 3 aromatic carbocycles. The molecule has 0 aliphatic rings. The number of nitrogens with one attached hydrogen (secondary N) is 2. The predicted molar refractivity (Wildman–Crippen MR) is 125 cm³/mol. The number of amides is 1. The van der Waals surface area contributed by atoms with Gasteiger partial charge in [0.15, 0.2) is 6.61 Å². The summed E-state index contributed by atoms with van der Waals surface area (Å²) in [5, 5.41) is 2.82. The van der Waals surface area contributed by atoms with Gasteiger partial charge in [0.25, 0.3) is 15.9 Å². The molecule has 1 amide bonds. The summed E-state index contributed by atoms with van der Waals surface area (Å²) in [6.07, 6.45) is 0. The molecular formula is C24H26N2O5S. The number of ether oxygens (including phenoxy) is 2. The molecule has 7 nitrogen and oxygen atoms in total. The van der Waals surface area contributed by atoms with E-state index >= 15 is 0 Å². The quantitative estimate of drug-likeness (QED) is 0.496. The van der Waals surface area contributed by atoms with Gasteiger partial charge in [0.2, 0.25) is 0 Å². The highest BCUT2D eigenvalue weighted by atomic mass is 32.2. The summed E-state index contributed by atoms with van der Waals surface area (Å²) in [5.74, 6) is 0.757. The number of rotatable bonds is 9. The van der Waals surface area contributed by atoms with E-state index in [-0.39, 0.29) is 17.4 Å². The van der Waals surface area contributed by atoms with Crippen LogP contribution in [-0.2, 0) is 14.8 Å². The molecule has 32 heavy (non-hydrogen) atoms. The van der Waals surface area contributed by atoms with Crippen LogP contribution >= 0.6 is 0 Å². The molecule has 2 N–H and O–H groups in total. The van der Waals surface area contributed by atoms with E-state index in [0.29, 0.717) is 23.8 Å². The second-order valence-corrected chi connectivity index (χ2v) is 8.80. The Hall–Kier alpha value is -3.52. The summed E-state index contributed by atoms with van der Waals surface area (Å²) in [6.45, 7) is 6.13. The Kier molecular flexibility index (Phi) is 7.37. The first-order valence-corrected chi connectivity index (χ1v) is 11.6. The molecule has 0 saturated carbocycles. The lowest BCUT2D eigenvalue weighted by Gasteiger charge is -2.12. The zero-order valence-electron chi connectivity index (χ0n) is 18.2. The molecule has 0 radical (unpaired) electrons. The van der Waals surface area contributed by atoms with Gasteiger partial charge < -0.3 is 14.8 Å². The molecular weight excluding hydrogens is 428 g/mol. The van der Waals surface area contributed by atoms with Gasteiger partial charge in [0.05, 0.1) is 11.5 Å². The van der Waals surface area contributed by atoms with Crippen molar-refractivity contribution in [2.45, 2.75) is 25.7 Å². The first-order valence-electron chi connectivity index (χ1n) is 10.1. The van der Waals surface area contributed by atoms with Crippen molar-refractivity contribution >= 4 is 27.3 Å². The Labute approximate surface area is 188 Å². The number of carbonyl (C=O) groups is 1.